The maximum Gasteiger partial charge on any atom is 0.471 e. The van der Waals surface area contributed by atoms with Crippen molar-refractivity contribution < 1.29 is 27.9 Å². The molecule has 18 heavy (non-hydrogen) atoms. The molecular weight excluding hydrogens is 319 g/mol. The number of amides is 1. The van der Waals surface area contributed by atoms with E-state index in [1.165, 1.54) is 19.1 Å². The molecule has 1 aromatic carbocycles. The monoisotopic (exact) mass is 325 g/mol. The van der Waals surface area contributed by atoms with Crippen LogP contribution in [0.5, 0.6) is 0 Å². The highest BCUT2D eigenvalue weighted by molar-refractivity contribution is 9.10. The summed E-state index contributed by atoms with van der Waals surface area (Å²) in [4.78, 5) is 21.6. The van der Waals surface area contributed by atoms with Gasteiger partial charge in [0.05, 0.1) is 5.56 Å². The molecule has 0 aliphatic carbocycles. The molecule has 1 rings (SSSR count). The van der Waals surface area contributed by atoms with Crippen LogP contribution in [0.3, 0.4) is 0 Å². The third kappa shape index (κ3) is 3.22. The fourth-order valence-corrected chi connectivity index (χ4v) is 1.68. The quantitative estimate of drug-likeness (QED) is 0.878. The molecule has 0 spiro atoms. The van der Waals surface area contributed by atoms with Gasteiger partial charge < -0.3 is 10.4 Å². The van der Waals surface area contributed by atoms with Gasteiger partial charge in [0.1, 0.15) is 0 Å². The van der Waals surface area contributed by atoms with Crippen LogP contribution in [-0.4, -0.2) is 23.2 Å². The first-order valence-electron chi connectivity index (χ1n) is 4.54. The smallest absolute Gasteiger partial charge is 0.471 e. The summed E-state index contributed by atoms with van der Waals surface area (Å²) in [6, 6.07) is 2.44. The Balaban J connectivity index is 3.18. The van der Waals surface area contributed by atoms with Gasteiger partial charge in [-0.2, -0.15) is 13.2 Å². The zero-order valence-electron chi connectivity index (χ0n) is 8.93. The van der Waals surface area contributed by atoms with Gasteiger partial charge in [-0.3, -0.25) is 4.79 Å². The molecule has 0 aromatic heterocycles. The van der Waals surface area contributed by atoms with Crippen LogP contribution in [-0.2, 0) is 4.79 Å². The maximum absolute atomic E-state index is 12.1. The summed E-state index contributed by atoms with van der Waals surface area (Å²) < 4.78 is 36.5. The first-order chi connectivity index (χ1) is 8.12. The molecule has 0 saturated carbocycles. The van der Waals surface area contributed by atoms with E-state index in [0.29, 0.717) is 0 Å². The average Bonchev–Trinajstić information content (AvgIpc) is 2.21. The van der Waals surface area contributed by atoms with Gasteiger partial charge in [-0.15, -0.1) is 0 Å². The number of carbonyl (C=O) groups is 2. The van der Waals surface area contributed by atoms with E-state index in [2.05, 4.69) is 15.9 Å². The molecule has 98 valence electrons. The second-order valence-corrected chi connectivity index (χ2v) is 4.30. The van der Waals surface area contributed by atoms with Crippen molar-refractivity contribution in [1.29, 1.82) is 0 Å². The van der Waals surface area contributed by atoms with Crippen molar-refractivity contribution in [2.75, 3.05) is 5.32 Å². The van der Waals surface area contributed by atoms with Crippen LogP contribution in [0.15, 0.2) is 16.6 Å². The average molecular weight is 326 g/mol. The summed E-state index contributed by atoms with van der Waals surface area (Å²) in [5.41, 5.74) is -0.353. The molecule has 0 aliphatic rings. The molecule has 0 saturated heterocycles. The van der Waals surface area contributed by atoms with Gasteiger partial charge in [0.2, 0.25) is 0 Å². The highest BCUT2D eigenvalue weighted by Crippen LogP contribution is 2.27. The number of hydrogen-bond donors (Lipinski definition) is 2. The largest absolute Gasteiger partial charge is 0.478 e. The van der Waals surface area contributed by atoms with Crippen molar-refractivity contribution in [2.24, 2.45) is 0 Å². The number of anilines is 1. The molecule has 0 radical (unpaired) electrons. The molecule has 2 N–H and O–H groups in total. The third-order valence-corrected chi connectivity index (χ3v) is 2.57. The number of carbonyl (C=O) groups excluding carboxylic acids is 1. The van der Waals surface area contributed by atoms with Crippen LogP contribution in [0.1, 0.15) is 15.9 Å². The van der Waals surface area contributed by atoms with Crippen LogP contribution in [0, 0.1) is 6.92 Å². The number of benzene rings is 1. The molecule has 0 fully saturated rings. The Morgan fingerprint density at radius 3 is 2.33 bits per heavy atom. The van der Waals surface area contributed by atoms with E-state index < -0.39 is 18.1 Å². The Bertz CT molecular complexity index is 514. The number of alkyl halides is 3. The highest BCUT2D eigenvalue weighted by atomic mass is 79.9. The molecule has 0 unspecified atom stereocenters. The minimum Gasteiger partial charge on any atom is -0.478 e. The lowest BCUT2D eigenvalue weighted by Gasteiger charge is -2.12. The normalized spacial score (nSPS) is 11.2. The van der Waals surface area contributed by atoms with Crippen molar-refractivity contribution in [3.05, 3.63) is 27.7 Å². The predicted octanol–water partition coefficient (Wildman–Crippen LogP) is 2.96. The zero-order chi connectivity index (χ0) is 14.1. The number of carboxylic acids is 1. The lowest BCUT2D eigenvalue weighted by atomic mass is 10.1. The van der Waals surface area contributed by atoms with Crippen molar-refractivity contribution in [3.63, 3.8) is 0 Å². The Kier molecular flexibility index (Phi) is 4.00. The van der Waals surface area contributed by atoms with Gasteiger partial charge in [0, 0.05) is 10.2 Å². The predicted molar refractivity (Wildman–Crippen MR) is 60.5 cm³/mol. The minimum atomic E-state index is -5.03. The molecule has 0 bridgehead atoms. The molecule has 1 amide bonds. The van der Waals surface area contributed by atoms with E-state index in [0.717, 1.165) is 0 Å². The molecule has 8 heteroatoms. The summed E-state index contributed by atoms with van der Waals surface area (Å²) >= 11 is 2.96. The summed E-state index contributed by atoms with van der Waals surface area (Å²) in [6.07, 6.45) is -5.03. The molecule has 0 atom stereocenters. The van der Waals surface area contributed by atoms with E-state index in [4.69, 9.17) is 5.11 Å². The second kappa shape index (κ2) is 4.97. The molecule has 0 aliphatic heterocycles. The van der Waals surface area contributed by atoms with E-state index in [1.54, 1.807) is 5.32 Å². The SMILES string of the molecule is Cc1c(NC(=O)C(F)(F)F)cc(Br)cc1C(=O)O. The lowest BCUT2D eigenvalue weighted by molar-refractivity contribution is -0.167. The van der Waals surface area contributed by atoms with Crippen LogP contribution >= 0.6 is 15.9 Å². The lowest BCUT2D eigenvalue weighted by Crippen LogP contribution is -2.30. The first-order valence-corrected chi connectivity index (χ1v) is 5.34. The summed E-state index contributed by atoms with van der Waals surface area (Å²) in [5, 5.41) is 10.5. The van der Waals surface area contributed by atoms with Crippen LogP contribution < -0.4 is 5.32 Å². The molecule has 0 heterocycles. The standard InChI is InChI=1S/C10H7BrF3NO3/c1-4-6(8(16)17)2-5(11)3-7(4)15-9(18)10(12,13)14/h2-3H,1H3,(H,15,18)(H,16,17). The van der Waals surface area contributed by atoms with Crippen LogP contribution in [0.25, 0.3) is 0 Å². The van der Waals surface area contributed by atoms with Gasteiger partial charge in [0.25, 0.3) is 0 Å². The summed E-state index contributed by atoms with van der Waals surface area (Å²) in [7, 11) is 0. The van der Waals surface area contributed by atoms with Gasteiger partial charge in [0.15, 0.2) is 0 Å². The number of rotatable bonds is 2. The first kappa shape index (κ1) is 14.5. The van der Waals surface area contributed by atoms with E-state index in [-0.39, 0.29) is 21.3 Å². The Morgan fingerprint density at radius 1 is 1.33 bits per heavy atom. The molecule has 1 aromatic rings. The van der Waals surface area contributed by atoms with E-state index in [9.17, 15) is 22.8 Å². The topological polar surface area (TPSA) is 66.4 Å². The minimum absolute atomic E-state index is 0.0447. The molecular formula is C10H7BrF3NO3. The van der Waals surface area contributed by atoms with Gasteiger partial charge in [-0.05, 0) is 24.6 Å². The number of aromatic carboxylic acids is 1. The van der Waals surface area contributed by atoms with Gasteiger partial charge in [-0.25, -0.2) is 4.79 Å². The van der Waals surface area contributed by atoms with Crippen molar-refractivity contribution >= 4 is 33.5 Å². The van der Waals surface area contributed by atoms with Crippen LogP contribution in [0.4, 0.5) is 18.9 Å². The number of carboxylic acid groups (broad SMARTS) is 1. The summed E-state index contributed by atoms with van der Waals surface area (Å²) in [6.45, 7) is 1.31. The van der Waals surface area contributed by atoms with Crippen LogP contribution in [0.2, 0.25) is 0 Å². The highest BCUT2D eigenvalue weighted by Gasteiger charge is 2.39. The number of nitrogens with one attached hydrogen (secondary N) is 1. The second-order valence-electron chi connectivity index (χ2n) is 3.38. The number of halogens is 4. The zero-order valence-corrected chi connectivity index (χ0v) is 10.5. The van der Waals surface area contributed by atoms with Crippen molar-refractivity contribution in [2.45, 2.75) is 13.1 Å². The maximum atomic E-state index is 12.1. The van der Waals surface area contributed by atoms with Crippen molar-refractivity contribution in [3.8, 4) is 0 Å². The van der Waals surface area contributed by atoms with E-state index >= 15 is 0 Å². The Hall–Kier alpha value is -1.57. The summed E-state index contributed by atoms with van der Waals surface area (Å²) in [5.74, 6) is -3.45. The van der Waals surface area contributed by atoms with Gasteiger partial charge in [-0.1, -0.05) is 15.9 Å². The van der Waals surface area contributed by atoms with Crippen molar-refractivity contribution in [1.82, 2.24) is 0 Å². The molecule has 4 nitrogen and oxygen atoms in total. The fourth-order valence-electron chi connectivity index (χ4n) is 1.22. The van der Waals surface area contributed by atoms with E-state index in [1.807, 2.05) is 0 Å². The Morgan fingerprint density at radius 2 is 1.89 bits per heavy atom. The Labute approximate surface area is 108 Å². The third-order valence-electron chi connectivity index (χ3n) is 2.11. The number of hydrogen-bond acceptors (Lipinski definition) is 2. The fraction of sp³-hybridized carbons (Fsp3) is 0.200. The van der Waals surface area contributed by atoms with Gasteiger partial charge >= 0.3 is 18.1 Å².